The molecule has 0 unspecified atom stereocenters. The molecule has 2 aromatic rings. The molecule has 0 spiro atoms. The van der Waals surface area contributed by atoms with Gasteiger partial charge in [0.2, 0.25) is 0 Å². The van der Waals surface area contributed by atoms with Crippen molar-refractivity contribution in [1.82, 2.24) is 15.6 Å². The van der Waals surface area contributed by atoms with E-state index in [4.69, 9.17) is 0 Å². The highest BCUT2D eigenvalue weighted by Crippen LogP contribution is 2.29. The quantitative estimate of drug-likeness (QED) is 0.455. The molecule has 26 heavy (non-hydrogen) atoms. The van der Waals surface area contributed by atoms with Crippen molar-refractivity contribution in [3.63, 3.8) is 0 Å². The van der Waals surface area contributed by atoms with E-state index in [1.807, 2.05) is 0 Å². The summed E-state index contributed by atoms with van der Waals surface area (Å²) in [4.78, 5) is 8.04. The Morgan fingerprint density at radius 1 is 1.19 bits per heavy atom. The standard InChI is InChI=1S/C21H32N4O/c1-3-16-8-7-9-18-17(14-24-19(16)18)10-13-23-20(22-4-2)25-15-21(26)11-5-6-12-21/h7-9,14,24,26H,3-6,10-13,15H2,1-2H3,(H2,22,23,25). The van der Waals surface area contributed by atoms with Crippen molar-refractivity contribution < 1.29 is 5.11 Å². The molecule has 0 radical (unpaired) electrons. The number of guanidine groups is 1. The number of aromatic nitrogens is 1. The summed E-state index contributed by atoms with van der Waals surface area (Å²) in [5.41, 5.74) is 3.35. The average molecular weight is 357 g/mol. The van der Waals surface area contributed by atoms with E-state index < -0.39 is 5.60 Å². The largest absolute Gasteiger partial charge is 0.388 e. The number of rotatable bonds is 7. The molecule has 0 saturated heterocycles. The molecule has 3 rings (SSSR count). The first-order valence-corrected chi connectivity index (χ1v) is 9.97. The average Bonchev–Trinajstić information content (AvgIpc) is 3.26. The monoisotopic (exact) mass is 356 g/mol. The molecule has 0 bridgehead atoms. The number of aliphatic imine (C=N–C) groups is 1. The van der Waals surface area contributed by atoms with Crippen LogP contribution in [0.2, 0.25) is 0 Å². The van der Waals surface area contributed by atoms with Crippen molar-refractivity contribution in [2.24, 2.45) is 4.99 Å². The third-order valence-corrected chi connectivity index (χ3v) is 5.37. The maximum atomic E-state index is 10.5. The summed E-state index contributed by atoms with van der Waals surface area (Å²) in [6.45, 7) is 6.36. The van der Waals surface area contributed by atoms with Crippen LogP contribution < -0.4 is 10.6 Å². The Morgan fingerprint density at radius 2 is 2.00 bits per heavy atom. The van der Waals surface area contributed by atoms with Crippen LogP contribution in [0.15, 0.2) is 29.4 Å². The van der Waals surface area contributed by atoms with Crippen LogP contribution in [0.3, 0.4) is 0 Å². The molecule has 1 fully saturated rings. The van der Waals surface area contributed by atoms with Crippen molar-refractivity contribution >= 4 is 16.9 Å². The summed E-state index contributed by atoms with van der Waals surface area (Å²) in [5.74, 6) is 0.793. The number of nitrogens with one attached hydrogen (secondary N) is 3. The van der Waals surface area contributed by atoms with Crippen LogP contribution >= 0.6 is 0 Å². The highest BCUT2D eigenvalue weighted by molar-refractivity contribution is 5.86. The second-order valence-corrected chi connectivity index (χ2v) is 7.31. The fourth-order valence-electron chi connectivity index (χ4n) is 3.85. The molecule has 0 amide bonds. The molecule has 142 valence electrons. The van der Waals surface area contributed by atoms with Crippen LogP contribution in [0, 0.1) is 0 Å². The minimum Gasteiger partial charge on any atom is -0.388 e. The maximum Gasteiger partial charge on any atom is 0.191 e. The molecule has 1 saturated carbocycles. The van der Waals surface area contributed by atoms with E-state index in [0.29, 0.717) is 6.54 Å². The first-order chi connectivity index (χ1) is 12.6. The lowest BCUT2D eigenvalue weighted by Gasteiger charge is -2.20. The van der Waals surface area contributed by atoms with Gasteiger partial charge >= 0.3 is 0 Å². The van der Waals surface area contributed by atoms with Crippen LogP contribution in [-0.2, 0) is 12.8 Å². The van der Waals surface area contributed by atoms with Gasteiger partial charge in [-0.25, -0.2) is 0 Å². The van der Waals surface area contributed by atoms with E-state index in [9.17, 15) is 5.11 Å². The number of fused-ring (bicyclic) bond motifs is 1. The number of hydrogen-bond donors (Lipinski definition) is 4. The van der Waals surface area contributed by atoms with E-state index in [1.54, 1.807) is 0 Å². The Bertz CT molecular complexity index is 744. The summed E-state index contributed by atoms with van der Waals surface area (Å²) in [7, 11) is 0. The third-order valence-electron chi connectivity index (χ3n) is 5.37. The Kier molecular flexibility index (Phi) is 6.20. The molecule has 1 aromatic heterocycles. The number of hydrogen-bond acceptors (Lipinski definition) is 2. The lowest BCUT2D eigenvalue weighted by molar-refractivity contribution is 0.0574. The normalized spacial score (nSPS) is 17.0. The summed E-state index contributed by atoms with van der Waals surface area (Å²) in [6, 6.07) is 6.51. The molecular formula is C21H32N4O. The van der Waals surface area contributed by atoms with Gasteiger partial charge in [0.15, 0.2) is 5.96 Å². The molecule has 1 aliphatic rings. The van der Waals surface area contributed by atoms with Gasteiger partial charge in [-0.05, 0) is 43.7 Å². The van der Waals surface area contributed by atoms with Gasteiger partial charge in [-0.3, -0.25) is 4.99 Å². The second-order valence-electron chi connectivity index (χ2n) is 7.31. The molecule has 5 nitrogen and oxygen atoms in total. The van der Waals surface area contributed by atoms with Gasteiger partial charge in [0.05, 0.1) is 12.1 Å². The van der Waals surface area contributed by atoms with Crippen molar-refractivity contribution in [3.05, 3.63) is 35.5 Å². The molecule has 0 atom stereocenters. The van der Waals surface area contributed by atoms with E-state index in [0.717, 1.165) is 57.6 Å². The predicted octanol–water partition coefficient (Wildman–Crippen LogP) is 3.13. The second kappa shape index (κ2) is 8.58. The molecule has 1 aliphatic carbocycles. The lowest BCUT2D eigenvalue weighted by Crippen LogP contribution is -2.40. The van der Waals surface area contributed by atoms with E-state index in [1.165, 1.54) is 22.0 Å². The number of aromatic amines is 1. The zero-order valence-electron chi connectivity index (χ0n) is 16.1. The van der Waals surface area contributed by atoms with E-state index in [2.05, 4.69) is 58.9 Å². The zero-order valence-corrected chi connectivity index (χ0v) is 16.1. The Labute approximate surface area is 156 Å². The Morgan fingerprint density at radius 3 is 2.73 bits per heavy atom. The number of benzene rings is 1. The molecule has 4 N–H and O–H groups in total. The van der Waals surface area contributed by atoms with Crippen LogP contribution in [-0.4, -0.2) is 41.3 Å². The topological polar surface area (TPSA) is 72.4 Å². The fourth-order valence-corrected chi connectivity index (χ4v) is 3.85. The minimum atomic E-state index is -0.601. The maximum absolute atomic E-state index is 10.5. The molecule has 0 aliphatic heterocycles. The molecule has 1 heterocycles. The van der Waals surface area contributed by atoms with Gasteiger partial charge in [-0.1, -0.05) is 38.0 Å². The fraction of sp³-hybridized carbons (Fsp3) is 0.571. The molecular weight excluding hydrogens is 324 g/mol. The van der Waals surface area contributed by atoms with Crippen molar-refractivity contribution in [3.8, 4) is 0 Å². The van der Waals surface area contributed by atoms with Gasteiger partial charge in [-0.2, -0.15) is 0 Å². The highest BCUT2D eigenvalue weighted by Gasteiger charge is 2.30. The van der Waals surface area contributed by atoms with Crippen LogP contribution in [0.5, 0.6) is 0 Å². The summed E-state index contributed by atoms with van der Waals surface area (Å²) < 4.78 is 0. The van der Waals surface area contributed by atoms with Gasteiger partial charge in [0.25, 0.3) is 0 Å². The van der Waals surface area contributed by atoms with Crippen molar-refractivity contribution in [1.29, 1.82) is 0 Å². The van der Waals surface area contributed by atoms with Crippen molar-refractivity contribution in [2.75, 3.05) is 19.6 Å². The lowest BCUT2D eigenvalue weighted by atomic mass is 10.0. The third kappa shape index (κ3) is 4.39. The number of aryl methyl sites for hydroxylation is 1. The molecule has 1 aromatic carbocycles. The number of para-hydroxylation sites is 1. The summed E-state index contributed by atoms with van der Waals surface area (Å²) >= 11 is 0. The predicted molar refractivity (Wildman–Crippen MR) is 109 cm³/mol. The number of nitrogens with zero attached hydrogens (tertiary/aromatic N) is 1. The molecule has 5 heteroatoms. The Balaban J connectivity index is 1.59. The first-order valence-electron chi connectivity index (χ1n) is 9.97. The summed E-state index contributed by atoms with van der Waals surface area (Å²) in [5, 5.41) is 18.5. The summed E-state index contributed by atoms with van der Waals surface area (Å²) in [6.07, 6.45) is 8.04. The van der Waals surface area contributed by atoms with Gasteiger partial charge in [0, 0.05) is 30.2 Å². The zero-order chi connectivity index (χ0) is 18.4. The number of aliphatic hydroxyl groups is 1. The van der Waals surface area contributed by atoms with Crippen molar-refractivity contribution in [2.45, 2.75) is 58.0 Å². The van der Waals surface area contributed by atoms with Crippen LogP contribution in [0.1, 0.15) is 50.7 Å². The first kappa shape index (κ1) is 18.8. The smallest absolute Gasteiger partial charge is 0.191 e. The minimum absolute atomic E-state index is 0.481. The van der Waals surface area contributed by atoms with Gasteiger partial charge in [0.1, 0.15) is 0 Å². The van der Waals surface area contributed by atoms with Crippen LogP contribution in [0.4, 0.5) is 0 Å². The van der Waals surface area contributed by atoms with E-state index in [-0.39, 0.29) is 0 Å². The van der Waals surface area contributed by atoms with Gasteiger partial charge < -0.3 is 20.7 Å². The Hall–Kier alpha value is -2.01. The van der Waals surface area contributed by atoms with Crippen LogP contribution in [0.25, 0.3) is 10.9 Å². The number of H-pyrrole nitrogens is 1. The van der Waals surface area contributed by atoms with Gasteiger partial charge in [-0.15, -0.1) is 0 Å². The highest BCUT2D eigenvalue weighted by atomic mass is 16.3. The SMILES string of the molecule is CCNC(=NCC1(O)CCCC1)NCCc1c[nH]c2c(CC)cccc12. The van der Waals surface area contributed by atoms with E-state index >= 15 is 0 Å².